The van der Waals surface area contributed by atoms with Crippen LogP contribution in [-0.2, 0) is 13.1 Å². The molecule has 2 aromatic rings. The van der Waals surface area contributed by atoms with Gasteiger partial charge >= 0.3 is 0 Å². The first-order chi connectivity index (χ1) is 7.77. The maximum absolute atomic E-state index is 13.5. The predicted octanol–water partition coefficient (Wildman–Crippen LogP) is 2.49. The third kappa shape index (κ3) is 2.59. The first kappa shape index (κ1) is 11.1. The molecule has 0 saturated heterocycles. The molecule has 5 heteroatoms. The number of rotatable bonds is 4. The summed E-state index contributed by atoms with van der Waals surface area (Å²) in [5, 5.41) is 9.80. The van der Waals surface area contributed by atoms with Crippen molar-refractivity contribution in [2.75, 3.05) is 0 Å². The Bertz CT molecular complexity index is 456. The molecule has 0 spiro atoms. The van der Waals surface area contributed by atoms with Gasteiger partial charge in [-0.3, -0.25) is 5.10 Å². The van der Waals surface area contributed by atoms with Crippen molar-refractivity contribution < 1.29 is 4.39 Å². The summed E-state index contributed by atoms with van der Waals surface area (Å²) in [5.74, 6) is -0.358. The zero-order valence-corrected chi connectivity index (χ0v) is 9.26. The predicted molar refractivity (Wildman–Crippen MR) is 60.5 cm³/mol. The second-order valence-electron chi connectivity index (χ2n) is 3.42. The van der Waals surface area contributed by atoms with E-state index in [1.807, 2.05) is 0 Å². The van der Waals surface area contributed by atoms with Crippen molar-refractivity contribution in [3.63, 3.8) is 0 Å². The molecule has 2 rings (SSSR count). The van der Waals surface area contributed by atoms with Crippen LogP contribution >= 0.6 is 11.6 Å². The summed E-state index contributed by atoms with van der Waals surface area (Å²) in [4.78, 5) is 0. The third-order valence-electron chi connectivity index (χ3n) is 2.23. The minimum Gasteiger partial charge on any atom is -0.308 e. The van der Waals surface area contributed by atoms with Gasteiger partial charge in [0.25, 0.3) is 0 Å². The number of halogens is 2. The van der Waals surface area contributed by atoms with E-state index in [0.717, 1.165) is 5.56 Å². The Morgan fingerprint density at radius 2 is 2.25 bits per heavy atom. The summed E-state index contributed by atoms with van der Waals surface area (Å²) in [6, 6.07) is 4.99. The zero-order valence-electron chi connectivity index (χ0n) is 8.50. The highest BCUT2D eigenvalue weighted by molar-refractivity contribution is 6.30. The standard InChI is InChI=1S/C11H11ClFN3/c12-10-3-1-2-9(11(10)13)7-14-4-8-5-15-16-6-8/h1-3,5-6,14H,4,7H2,(H,15,16). The van der Waals surface area contributed by atoms with Gasteiger partial charge < -0.3 is 5.32 Å². The fourth-order valence-electron chi connectivity index (χ4n) is 1.40. The Morgan fingerprint density at radius 1 is 1.38 bits per heavy atom. The molecule has 2 N–H and O–H groups in total. The lowest BCUT2D eigenvalue weighted by Crippen LogP contribution is -2.13. The number of aromatic nitrogens is 2. The van der Waals surface area contributed by atoms with E-state index in [2.05, 4.69) is 15.5 Å². The largest absolute Gasteiger partial charge is 0.308 e. The molecule has 1 aromatic carbocycles. The topological polar surface area (TPSA) is 40.7 Å². The van der Waals surface area contributed by atoms with Gasteiger partial charge in [0.2, 0.25) is 0 Å². The minimum atomic E-state index is -0.358. The molecule has 0 amide bonds. The fourth-order valence-corrected chi connectivity index (χ4v) is 1.59. The fraction of sp³-hybridized carbons (Fsp3) is 0.182. The molecular weight excluding hydrogens is 229 g/mol. The molecule has 0 radical (unpaired) electrons. The molecule has 0 atom stereocenters. The van der Waals surface area contributed by atoms with Gasteiger partial charge in [0.15, 0.2) is 0 Å². The van der Waals surface area contributed by atoms with Gasteiger partial charge in [-0.05, 0) is 6.07 Å². The van der Waals surface area contributed by atoms with Crippen molar-refractivity contribution in [3.05, 3.63) is 52.6 Å². The van der Waals surface area contributed by atoms with Crippen LogP contribution in [0.1, 0.15) is 11.1 Å². The molecule has 0 bridgehead atoms. The first-order valence-electron chi connectivity index (χ1n) is 4.88. The number of nitrogens with one attached hydrogen (secondary N) is 2. The van der Waals surface area contributed by atoms with Crippen LogP contribution in [0.25, 0.3) is 0 Å². The highest BCUT2D eigenvalue weighted by Crippen LogP contribution is 2.17. The molecule has 3 nitrogen and oxygen atoms in total. The van der Waals surface area contributed by atoms with Crippen LogP contribution in [0.3, 0.4) is 0 Å². The van der Waals surface area contributed by atoms with E-state index < -0.39 is 0 Å². The lowest BCUT2D eigenvalue weighted by Gasteiger charge is -2.05. The first-order valence-corrected chi connectivity index (χ1v) is 5.26. The van der Waals surface area contributed by atoms with Crippen LogP contribution in [0.2, 0.25) is 5.02 Å². The molecular formula is C11H11ClFN3. The van der Waals surface area contributed by atoms with E-state index in [4.69, 9.17) is 11.6 Å². The average molecular weight is 240 g/mol. The monoisotopic (exact) mass is 239 g/mol. The molecule has 0 unspecified atom stereocenters. The molecule has 16 heavy (non-hydrogen) atoms. The second kappa shape index (κ2) is 5.09. The molecule has 1 aromatic heterocycles. The molecule has 84 valence electrons. The van der Waals surface area contributed by atoms with Crippen molar-refractivity contribution in [2.45, 2.75) is 13.1 Å². The van der Waals surface area contributed by atoms with Crippen molar-refractivity contribution >= 4 is 11.6 Å². The Labute approximate surface area is 97.6 Å². The van der Waals surface area contributed by atoms with Crippen molar-refractivity contribution in [2.24, 2.45) is 0 Å². The van der Waals surface area contributed by atoms with Gasteiger partial charge in [0.1, 0.15) is 5.82 Å². The lowest BCUT2D eigenvalue weighted by atomic mass is 10.2. The van der Waals surface area contributed by atoms with Crippen LogP contribution < -0.4 is 5.32 Å². The van der Waals surface area contributed by atoms with E-state index >= 15 is 0 Å². The minimum absolute atomic E-state index is 0.155. The Hall–Kier alpha value is -1.39. The quantitative estimate of drug-likeness (QED) is 0.861. The van der Waals surface area contributed by atoms with E-state index in [9.17, 15) is 4.39 Å². The van der Waals surface area contributed by atoms with Crippen LogP contribution in [0.15, 0.2) is 30.6 Å². The van der Waals surface area contributed by atoms with Crippen LogP contribution in [0.5, 0.6) is 0 Å². The third-order valence-corrected chi connectivity index (χ3v) is 2.52. The Balaban J connectivity index is 1.92. The van der Waals surface area contributed by atoms with Gasteiger partial charge in [-0.25, -0.2) is 4.39 Å². The highest BCUT2D eigenvalue weighted by atomic mass is 35.5. The van der Waals surface area contributed by atoms with Crippen molar-refractivity contribution in [3.8, 4) is 0 Å². The smallest absolute Gasteiger partial charge is 0.146 e. The molecule has 0 aliphatic carbocycles. The lowest BCUT2D eigenvalue weighted by molar-refractivity contribution is 0.588. The maximum Gasteiger partial charge on any atom is 0.146 e. The van der Waals surface area contributed by atoms with Crippen molar-refractivity contribution in [1.82, 2.24) is 15.5 Å². The molecule has 0 saturated carbocycles. The highest BCUT2D eigenvalue weighted by Gasteiger charge is 2.05. The van der Waals surface area contributed by atoms with Gasteiger partial charge in [0.05, 0.1) is 11.2 Å². The number of aromatic amines is 1. The summed E-state index contributed by atoms with van der Waals surface area (Å²) in [5.41, 5.74) is 1.60. The number of H-pyrrole nitrogens is 1. The van der Waals surface area contributed by atoms with E-state index in [1.165, 1.54) is 6.07 Å². The Kier molecular flexibility index (Phi) is 3.54. The summed E-state index contributed by atoms with van der Waals surface area (Å²) in [7, 11) is 0. The molecule has 0 aliphatic heterocycles. The number of hydrogen-bond acceptors (Lipinski definition) is 2. The summed E-state index contributed by atoms with van der Waals surface area (Å²) >= 11 is 5.67. The number of benzene rings is 1. The zero-order chi connectivity index (χ0) is 11.4. The normalized spacial score (nSPS) is 10.6. The van der Waals surface area contributed by atoms with Crippen LogP contribution in [0, 0.1) is 5.82 Å². The second-order valence-corrected chi connectivity index (χ2v) is 3.83. The van der Waals surface area contributed by atoms with Crippen molar-refractivity contribution in [1.29, 1.82) is 0 Å². The van der Waals surface area contributed by atoms with Gasteiger partial charge in [-0.2, -0.15) is 5.10 Å². The van der Waals surface area contributed by atoms with Crippen LogP contribution in [0.4, 0.5) is 4.39 Å². The van der Waals surface area contributed by atoms with Gasteiger partial charge in [0, 0.05) is 30.4 Å². The van der Waals surface area contributed by atoms with Gasteiger partial charge in [-0.1, -0.05) is 23.7 Å². The Morgan fingerprint density at radius 3 is 3.00 bits per heavy atom. The molecule has 0 fully saturated rings. The van der Waals surface area contributed by atoms with E-state index in [0.29, 0.717) is 18.7 Å². The summed E-state index contributed by atoms with van der Waals surface area (Å²) < 4.78 is 13.5. The van der Waals surface area contributed by atoms with E-state index in [-0.39, 0.29) is 10.8 Å². The molecule has 0 aliphatic rings. The number of hydrogen-bond donors (Lipinski definition) is 2. The number of nitrogens with zero attached hydrogens (tertiary/aromatic N) is 1. The summed E-state index contributed by atoms with van der Waals surface area (Å²) in [6.07, 6.45) is 3.52. The average Bonchev–Trinajstić information content (AvgIpc) is 2.77. The van der Waals surface area contributed by atoms with Gasteiger partial charge in [-0.15, -0.1) is 0 Å². The van der Waals surface area contributed by atoms with Crippen LogP contribution in [-0.4, -0.2) is 10.2 Å². The SMILES string of the molecule is Fc1c(Cl)cccc1CNCc1cn[nH]c1. The maximum atomic E-state index is 13.5. The molecule has 1 heterocycles. The van der Waals surface area contributed by atoms with E-state index in [1.54, 1.807) is 24.5 Å². The summed E-state index contributed by atoms with van der Waals surface area (Å²) in [6.45, 7) is 1.08.